The maximum absolute atomic E-state index is 11.9. The van der Waals surface area contributed by atoms with Gasteiger partial charge in [0.1, 0.15) is 12.4 Å². The minimum absolute atomic E-state index is 0.0588. The van der Waals surface area contributed by atoms with E-state index in [4.69, 9.17) is 0 Å². The van der Waals surface area contributed by atoms with E-state index in [9.17, 15) is 14.9 Å². The molecule has 7 nitrogen and oxygen atoms in total. The number of nitro groups is 1. The predicted octanol–water partition coefficient (Wildman–Crippen LogP) is 1.78. The Hall–Kier alpha value is -2.70. The lowest BCUT2D eigenvalue weighted by molar-refractivity contribution is -0.385. The van der Waals surface area contributed by atoms with E-state index in [0.29, 0.717) is 18.7 Å². The summed E-state index contributed by atoms with van der Waals surface area (Å²) >= 11 is 0. The SMILES string of the molecule is CCc1ccc(C(=O)NCCn2cc([N+](=O)[O-])cn2)cc1. The Morgan fingerprint density at radius 2 is 2.10 bits per heavy atom. The summed E-state index contributed by atoms with van der Waals surface area (Å²) < 4.78 is 1.43. The second-order valence-electron chi connectivity index (χ2n) is 4.53. The molecule has 0 aliphatic rings. The van der Waals surface area contributed by atoms with Gasteiger partial charge in [-0.1, -0.05) is 19.1 Å². The van der Waals surface area contributed by atoms with Gasteiger partial charge in [-0.2, -0.15) is 5.10 Å². The van der Waals surface area contributed by atoms with Crippen molar-refractivity contribution in [3.8, 4) is 0 Å². The molecule has 0 radical (unpaired) electrons. The Kier molecular flexibility index (Phi) is 4.65. The second kappa shape index (κ2) is 6.65. The van der Waals surface area contributed by atoms with Gasteiger partial charge in [0.2, 0.25) is 0 Å². The minimum atomic E-state index is -0.503. The van der Waals surface area contributed by atoms with Crippen molar-refractivity contribution in [3.63, 3.8) is 0 Å². The van der Waals surface area contributed by atoms with Crippen LogP contribution in [-0.4, -0.2) is 27.2 Å². The third kappa shape index (κ3) is 3.88. The summed E-state index contributed by atoms with van der Waals surface area (Å²) in [5.74, 6) is -0.167. The average Bonchev–Trinajstić information content (AvgIpc) is 2.96. The van der Waals surface area contributed by atoms with Crippen LogP contribution in [0, 0.1) is 10.1 Å². The van der Waals surface area contributed by atoms with E-state index < -0.39 is 4.92 Å². The largest absolute Gasteiger partial charge is 0.350 e. The van der Waals surface area contributed by atoms with Crippen molar-refractivity contribution in [1.82, 2.24) is 15.1 Å². The first-order valence-corrected chi connectivity index (χ1v) is 6.64. The number of nitrogens with zero attached hydrogens (tertiary/aromatic N) is 3. The first kappa shape index (κ1) is 14.7. The number of nitrogens with one attached hydrogen (secondary N) is 1. The molecule has 1 amide bonds. The molecule has 0 atom stereocenters. The molecule has 110 valence electrons. The van der Waals surface area contributed by atoms with Crippen molar-refractivity contribution in [2.75, 3.05) is 6.54 Å². The lowest BCUT2D eigenvalue weighted by Gasteiger charge is -2.06. The highest BCUT2D eigenvalue weighted by Crippen LogP contribution is 2.07. The average molecular weight is 288 g/mol. The van der Waals surface area contributed by atoms with Gasteiger partial charge in [0.25, 0.3) is 5.91 Å². The third-order valence-corrected chi connectivity index (χ3v) is 3.08. The molecule has 1 aromatic heterocycles. The Morgan fingerprint density at radius 3 is 2.67 bits per heavy atom. The predicted molar refractivity (Wildman–Crippen MR) is 77.0 cm³/mol. The number of aromatic nitrogens is 2. The van der Waals surface area contributed by atoms with Crippen LogP contribution in [0.4, 0.5) is 5.69 Å². The van der Waals surface area contributed by atoms with Crippen LogP contribution in [0.5, 0.6) is 0 Å². The number of hydrogen-bond acceptors (Lipinski definition) is 4. The number of aryl methyl sites for hydroxylation is 1. The standard InChI is InChI=1S/C14H16N4O3/c1-2-11-3-5-12(6-4-11)14(19)15-7-8-17-10-13(9-16-17)18(20)21/h3-6,9-10H,2,7-8H2,1H3,(H,15,19). The summed E-state index contributed by atoms with van der Waals surface area (Å²) in [7, 11) is 0. The van der Waals surface area contributed by atoms with E-state index in [-0.39, 0.29) is 11.6 Å². The lowest BCUT2D eigenvalue weighted by atomic mass is 10.1. The van der Waals surface area contributed by atoms with Crippen LogP contribution >= 0.6 is 0 Å². The molecule has 0 bridgehead atoms. The van der Waals surface area contributed by atoms with Gasteiger partial charge in [-0.3, -0.25) is 19.6 Å². The molecule has 0 unspecified atom stereocenters. The molecule has 21 heavy (non-hydrogen) atoms. The molecule has 0 aliphatic carbocycles. The smallest absolute Gasteiger partial charge is 0.306 e. The van der Waals surface area contributed by atoms with Crippen LogP contribution in [0.1, 0.15) is 22.8 Å². The first-order valence-electron chi connectivity index (χ1n) is 6.64. The molecule has 0 saturated carbocycles. The number of benzene rings is 1. The van der Waals surface area contributed by atoms with Gasteiger partial charge < -0.3 is 5.32 Å². The summed E-state index contributed by atoms with van der Waals surface area (Å²) in [6.07, 6.45) is 3.45. The van der Waals surface area contributed by atoms with Crippen molar-refractivity contribution in [2.45, 2.75) is 19.9 Å². The molecule has 2 aromatic rings. The zero-order chi connectivity index (χ0) is 15.2. The van der Waals surface area contributed by atoms with Crippen molar-refractivity contribution in [2.24, 2.45) is 0 Å². The van der Waals surface area contributed by atoms with Gasteiger partial charge in [-0.15, -0.1) is 0 Å². The summed E-state index contributed by atoms with van der Waals surface area (Å²) in [5.41, 5.74) is 1.71. The summed E-state index contributed by atoms with van der Waals surface area (Å²) in [4.78, 5) is 21.9. The second-order valence-corrected chi connectivity index (χ2v) is 4.53. The van der Waals surface area contributed by atoms with Crippen molar-refractivity contribution in [3.05, 3.63) is 57.9 Å². The van der Waals surface area contributed by atoms with E-state index in [1.807, 2.05) is 12.1 Å². The molecule has 7 heteroatoms. The van der Waals surface area contributed by atoms with Crippen molar-refractivity contribution >= 4 is 11.6 Å². The molecule has 0 spiro atoms. The maximum Gasteiger partial charge on any atom is 0.306 e. The number of rotatable bonds is 6. The summed E-state index contributed by atoms with van der Waals surface area (Å²) in [6.45, 7) is 2.79. The Balaban J connectivity index is 1.84. The molecular weight excluding hydrogens is 272 g/mol. The fourth-order valence-corrected chi connectivity index (χ4v) is 1.85. The van der Waals surface area contributed by atoms with Crippen LogP contribution < -0.4 is 5.32 Å². The number of amides is 1. The van der Waals surface area contributed by atoms with Crippen LogP contribution in [-0.2, 0) is 13.0 Å². The highest BCUT2D eigenvalue weighted by Gasteiger charge is 2.09. The van der Waals surface area contributed by atoms with Crippen molar-refractivity contribution < 1.29 is 9.72 Å². The first-order chi connectivity index (χ1) is 10.1. The molecule has 1 heterocycles. The van der Waals surface area contributed by atoms with Gasteiger partial charge in [0, 0.05) is 12.1 Å². The monoisotopic (exact) mass is 288 g/mol. The van der Waals surface area contributed by atoms with E-state index >= 15 is 0 Å². The topological polar surface area (TPSA) is 90.1 Å². The molecule has 1 aromatic carbocycles. The Labute approximate surface area is 121 Å². The van der Waals surface area contributed by atoms with E-state index in [0.717, 1.165) is 6.42 Å². The van der Waals surface area contributed by atoms with Crippen LogP contribution in [0.2, 0.25) is 0 Å². The molecule has 2 rings (SSSR count). The highest BCUT2D eigenvalue weighted by atomic mass is 16.6. The van der Waals surface area contributed by atoms with Gasteiger partial charge in [0.05, 0.1) is 11.5 Å². The van der Waals surface area contributed by atoms with E-state index in [1.165, 1.54) is 22.6 Å². The van der Waals surface area contributed by atoms with Crippen molar-refractivity contribution in [1.29, 1.82) is 0 Å². The van der Waals surface area contributed by atoms with Crippen LogP contribution in [0.25, 0.3) is 0 Å². The molecule has 0 fully saturated rings. The summed E-state index contributed by atoms with van der Waals surface area (Å²) in [6, 6.07) is 7.41. The van der Waals surface area contributed by atoms with Gasteiger partial charge >= 0.3 is 5.69 Å². The fourth-order valence-electron chi connectivity index (χ4n) is 1.85. The Bertz CT molecular complexity index is 634. The third-order valence-electron chi connectivity index (χ3n) is 3.08. The number of carbonyl (C=O) groups is 1. The normalized spacial score (nSPS) is 10.3. The Morgan fingerprint density at radius 1 is 1.38 bits per heavy atom. The molecular formula is C14H16N4O3. The molecule has 0 saturated heterocycles. The van der Waals surface area contributed by atoms with Crippen LogP contribution in [0.15, 0.2) is 36.7 Å². The zero-order valence-corrected chi connectivity index (χ0v) is 11.7. The number of hydrogen-bond donors (Lipinski definition) is 1. The lowest BCUT2D eigenvalue weighted by Crippen LogP contribution is -2.27. The maximum atomic E-state index is 11.9. The van der Waals surface area contributed by atoms with Crippen LogP contribution in [0.3, 0.4) is 0 Å². The molecule has 0 aliphatic heterocycles. The summed E-state index contributed by atoms with van der Waals surface area (Å²) in [5, 5.41) is 17.1. The molecule has 1 N–H and O–H groups in total. The van der Waals surface area contributed by atoms with Gasteiger partial charge in [-0.25, -0.2) is 0 Å². The minimum Gasteiger partial charge on any atom is -0.350 e. The fraction of sp³-hybridized carbons (Fsp3) is 0.286. The van der Waals surface area contributed by atoms with E-state index in [1.54, 1.807) is 12.1 Å². The zero-order valence-electron chi connectivity index (χ0n) is 11.7. The van der Waals surface area contributed by atoms with Gasteiger partial charge in [0.15, 0.2) is 0 Å². The quantitative estimate of drug-likeness (QED) is 0.648. The number of carbonyl (C=O) groups excluding carboxylic acids is 1. The van der Waals surface area contributed by atoms with Gasteiger partial charge in [-0.05, 0) is 24.1 Å². The highest BCUT2D eigenvalue weighted by molar-refractivity contribution is 5.94. The van der Waals surface area contributed by atoms with E-state index in [2.05, 4.69) is 17.3 Å².